The Labute approximate surface area is 109 Å². The zero-order valence-corrected chi connectivity index (χ0v) is 11.7. The van der Waals surface area contributed by atoms with Crippen molar-refractivity contribution in [2.24, 2.45) is 0 Å². The second-order valence-corrected chi connectivity index (χ2v) is 4.17. The minimum Gasteiger partial charge on any atom is -0.495 e. The summed E-state index contributed by atoms with van der Waals surface area (Å²) in [5, 5.41) is 0. The predicted molar refractivity (Wildman–Crippen MR) is 68.2 cm³/mol. The molecule has 0 saturated heterocycles. The van der Waals surface area contributed by atoms with Crippen LogP contribution < -0.4 is 14.2 Å². The first kappa shape index (κ1) is 13.8. The van der Waals surface area contributed by atoms with E-state index in [-0.39, 0.29) is 0 Å². The summed E-state index contributed by atoms with van der Waals surface area (Å²) in [4.78, 5) is 10.5. The quantitative estimate of drug-likeness (QED) is 0.758. The van der Waals surface area contributed by atoms with Crippen molar-refractivity contribution in [2.45, 2.75) is 12.8 Å². The zero-order valence-electron chi connectivity index (χ0n) is 10.1. The van der Waals surface area contributed by atoms with E-state index in [0.29, 0.717) is 30.1 Å². The van der Waals surface area contributed by atoms with Gasteiger partial charge in [0.2, 0.25) is 0 Å². The number of methoxy groups -OCH3 is 3. The highest BCUT2D eigenvalue weighted by Crippen LogP contribution is 2.43. The molecule has 0 radical (unpaired) electrons. The average molecular weight is 303 g/mol. The van der Waals surface area contributed by atoms with Crippen LogP contribution in [-0.4, -0.2) is 27.6 Å². The monoisotopic (exact) mass is 302 g/mol. The van der Waals surface area contributed by atoms with Crippen LogP contribution in [0.1, 0.15) is 12.0 Å². The van der Waals surface area contributed by atoms with Crippen molar-refractivity contribution in [3.05, 3.63) is 16.1 Å². The third-order valence-electron chi connectivity index (χ3n) is 2.39. The van der Waals surface area contributed by atoms with Gasteiger partial charge >= 0.3 is 0 Å². The van der Waals surface area contributed by atoms with Crippen molar-refractivity contribution in [3.8, 4) is 17.2 Å². The highest BCUT2D eigenvalue weighted by Gasteiger charge is 2.18. The summed E-state index contributed by atoms with van der Waals surface area (Å²) in [6.45, 7) is 0. The SMILES string of the molecule is COc1cc(Br)c(OC)c(CCC=O)c1OC. The Morgan fingerprint density at radius 3 is 2.29 bits per heavy atom. The van der Waals surface area contributed by atoms with Crippen LogP contribution in [0.25, 0.3) is 0 Å². The molecule has 1 rings (SSSR count). The molecule has 0 aliphatic rings. The predicted octanol–water partition coefficient (Wildman–Crippen LogP) is 2.61. The number of rotatable bonds is 6. The molecule has 94 valence electrons. The lowest BCUT2D eigenvalue weighted by Crippen LogP contribution is -2.01. The fourth-order valence-corrected chi connectivity index (χ4v) is 2.28. The van der Waals surface area contributed by atoms with E-state index in [9.17, 15) is 4.79 Å². The van der Waals surface area contributed by atoms with Crippen LogP contribution in [0.2, 0.25) is 0 Å². The Morgan fingerprint density at radius 1 is 1.18 bits per heavy atom. The molecule has 0 aliphatic carbocycles. The first-order valence-corrected chi connectivity index (χ1v) is 5.89. The summed E-state index contributed by atoms with van der Waals surface area (Å²) < 4.78 is 16.7. The number of hydrogen-bond acceptors (Lipinski definition) is 4. The first-order valence-electron chi connectivity index (χ1n) is 5.10. The van der Waals surface area contributed by atoms with Gasteiger partial charge in [-0.25, -0.2) is 0 Å². The van der Waals surface area contributed by atoms with E-state index in [4.69, 9.17) is 14.2 Å². The van der Waals surface area contributed by atoms with Gasteiger partial charge in [-0.05, 0) is 22.4 Å². The molecule has 0 atom stereocenters. The summed E-state index contributed by atoms with van der Waals surface area (Å²) in [5.41, 5.74) is 0.827. The van der Waals surface area contributed by atoms with Crippen molar-refractivity contribution >= 4 is 22.2 Å². The number of ether oxygens (including phenoxy) is 3. The number of carbonyl (C=O) groups excluding carboxylic acids is 1. The van der Waals surface area contributed by atoms with E-state index in [1.807, 2.05) is 0 Å². The smallest absolute Gasteiger partial charge is 0.167 e. The molecular weight excluding hydrogens is 288 g/mol. The molecule has 0 saturated carbocycles. The van der Waals surface area contributed by atoms with Crippen molar-refractivity contribution < 1.29 is 19.0 Å². The maximum absolute atomic E-state index is 10.5. The van der Waals surface area contributed by atoms with Gasteiger partial charge in [-0.3, -0.25) is 0 Å². The Kier molecular flexibility index (Phi) is 5.28. The highest BCUT2D eigenvalue weighted by molar-refractivity contribution is 9.10. The standard InChI is InChI=1S/C12H15BrO4/c1-15-10-7-9(13)11(16-2)8(5-4-6-14)12(10)17-3/h6-7H,4-5H2,1-3H3. The molecule has 4 nitrogen and oxygen atoms in total. The van der Waals surface area contributed by atoms with Crippen LogP contribution in [-0.2, 0) is 11.2 Å². The van der Waals surface area contributed by atoms with E-state index in [1.54, 1.807) is 27.4 Å². The van der Waals surface area contributed by atoms with E-state index in [1.165, 1.54) is 0 Å². The average Bonchev–Trinajstić information content (AvgIpc) is 2.35. The van der Waals surface area contributed by atoms with Gasteiger partial charge in [0.05, 0.1) is 25.8 Å². The number of benzene rings is 1. The molecule has 5 heteroatoms. The normalized spacial score (nSPS) is 9.88. The van der Waals surface area contributed by atoms with Gasteiger partial charge in [-0.2, -0.15) is 0 Å². The van der Waals surface area contributed by atoms with Crippen molar-refractivity contribution in [2.75, 3.05) is 21.3 Å². The Morgan fingerprint density at radius 2 is 1.82 bits per heavy atom. The van der Waals surface area contributed by atoms with Crippen molar-refractivity contribution in [1.82, 2.24) is 0 Å². The van der Waals surface area contributed by atoms with Crippen molar-refractivity contribution in [1.29, 1.82) is 0 Å². The van der Waals surface area contributed by atoms with Crippen LogP contribution in [0.3, 0.4) is 0 Å². The first-order chi connectivity index (χ1) is 8.19. The molecule has 1 aromatic rings. The molecule has 1 aromatic carbocycles. The van der Waals surface area contributed by atoms with Gasteiger partial charge in [-0.1, -0.05) is 0 Å². The molecule has 0 N–H and O–H groups in total. The molecule has 0 unspecified atom stereocenters. The maximum atomic E-state index is 10.5. The molecular formula is C12H15BrO4. The number of hydrogen-bond donors (Lipinski definition) is 0. The highest BCUT2D eigenvalue weighted by atomic mass is 79.9. The summed E-state index contributed by atoms with van der Waals surface area (Å²) in [7, 11) is 4.71. The minimum absolute atomic E-state index is 0.409. The van der Waals surface area contributed by atoms with Crippen LogP contribution in [0.5, 0.6) is 17.2 Å². The molecule has 0 bridgehead atoms. The molecule has 0 aromatic heterocycles. The third-order valence-corrected chi connectivity index (χ3v) is 2.98. The van der Waals surface area contributed by atoms with Gasteiger partial charge in [0.25, 0.3) is 0 Å². The van der Waals surface area contributed by atoms with E-state index in [0.717, 1.165) is 16.3 Å². The zero-order chi connectivity index (χ0) is 12.8. The Bertz CT molecular complexity index is 404. The summed E-state index contributed by atoms with van der Waals surface area (Å²) in [5.74, 6) is 1.89. The lowest BCUT2D eigenvalue weighted by molar-refractivity contribution is -0.107. The van der Waals surface area contributed by atoms with Gasteiger partial charge in [-0.15, -0.1) is 0 Å². The summed E-state index contributed by atoms with van der Waals surface area (Å²) in [6.07, 6.45) is 1.82. The van der Waals surface area contributed by atoms with E-state index in [2.05, 4.69) is 15.9 Å². The summed E-state index contributed by atoms with van der Waals surface area (Å²) >= 11 is 3.41. The molecule has 0 aliphatic heterocycles. The second-order valence-electron chi connectivity index (χ2n) is 3.31. The molecule has 0 fully saturated rings. The van der Waals surface area contributed by atoms with Crippen LogP contribution in [0.4, 0.5) is 0 Å². The van der Waals surface area contributed by atoms with Crippen LogP contribution >= 0.6 is 15.9 Å². The van der Waals surface area contributed by atoms with Crippen LogP contribution in [0, 0.1) is 0 Å². The Balaban J connectivity index is 3.35. The fourth-order valence-electron chi connectivity index (χ4n) is 1.67. The number of carbonyl (C=O) groups is 1. The molecule has 17 heavy (non-hydrogen) atoms. The van der Waals surface area contributed by atoms with E-state index >= 15 is 0 Å². The van der Waals surface area contributed by atoms with Gasteiger partial charge in [0.1, 0.15) is 12.0 Å². The fraction of sp³-hybridized carbons (Fsp3) is 0.417. The molecule has 0 amide bonds. The van der Waals surface area contributed by atoms with Gasteiger partial charge in [0.15, 0.2) is 11.5 Å². The molecule has 0 heterocycles. The topological polar surface area (TPSA) is 44.8 Å². The number of aldehydes is 1. The van der Waals surface area contributed by atoms with Crippen LogP contribution in [0.15, 0.2) is 10.5 Å². The van der Waals surface area contributed by atoms with Gasteiger partial charge in [0, 0.05) is 18.1 Å². The number of halogens is 1. The lowest BCUT2D eigenvalue weighted by Gasteiger charge is -2.17. The maximum Gasteiger partial charge on any atom is 0.167 e. The Hall–Kier alpha value is -1.23. The minimum atomic E-state index is 0.409. The molecule has 0 spiro atoms. The summed E-state index contributed by atoms with van der Waals surface area (Å²) in [6, 6.07) is 1.78. The van der Waals surface area contributed by atoms with Crippen molar-refractivity contribution in [3.63, 3.8) is 0 Å². The largest absolute Gasteiger partial charge is 0.495 e. The van der Waals surface area contributed by atoms with E-state index < -0.39 is 0 Å². The second kappa shape index (κ2) is 6.49. The van der Waals surface area contributed by atoms with Gasteiger partial charge < -0.3 is 19.0 Å². The third kappa shape index (κ3) is 2.91. The lowest BCUT2D eigenvalue weighted by atomic mass is 10.1.